The zero-order valence-corrected chi connectivity index (χ0v) is 14.0. The number of halogens is 1. The van der Waals surface area contributed by atoms with E-state index in [-0.39, 0.29) is 29.0 Å². The molecule has 3 nitrogen and oxygen atoms in total. The first-order valence-electron chi connectivity index (χ1n) is 9.04. The molecule has 0 radical (unpaired) electrons. The SMILES string of the molecule is C[C@@]12[C@@H](O)CC[C@H]1[C@@H]1CCC3=CC(=O)CC[C@]3(C)[C@H]1[C@@H](O)[C@@H]2F. The number of aliphatic hydroxyl groups is 2. The number of ketones is 1. The number of alkyl halides is 1. The molecule has 128 valence electrons. The number of carbonyl (C=O) groups excluding carboxylic acids is 1. The van der Waals surface area contributed by atoms with E-state index in [0.717, 1.165) is 24.8 Å². The van der Waals surface area contributed by atoms with Crippen LogP contribution < -0.4 is 0 Å². The Morgan fingerprint density at radius 1 is 1.17 bits per heavy atom. The Labute approximate surface area is 137 Å². The summed E-state index contributed by atoms with van der Waals surface area (Å²) in [6.45, 7) is 3.95. The van der Waals surface area contributed by atoms with Gasteiger partial charge in [-0.05, 0) is 61.3 Å². The van der Waals surface area contributed by atoms with Gasteiger partial charge in [-0.25, -0.2) is 4.39 Å². The average Bonchev–Trinajstić information content (AvgIpc) is 2.82. The molecule has 3 fully saturated rings. The molecule has 0 aromatic carbocycles. The summed E-state index contributed by atoms with van der Waals surface area (Å²) in [4.78, 5) is 11.8. The van der Waals surface area contributed by atoms with Gasteiger partial charge in [0.25, 0.3) is 0 Å². The fraction of sp³-hybridized carbons (Fsp3) is 0.842. The minimum Gasteiger partial charge on any atom is -0.392 e. The summed E-state index contributed by atoms with van der Waals surface area (Å²) in [5, 5.41) is 21.3. The molecule has 2 N–H and O–H groups in total. The number of rotatable bonds is 0. The zero-order chi connectivity index (χ0) is 16.6. The van der Waals surface area contributed by atoms with Crippen molar-refractivity contribution in [1.82, 2.24) is 0 Å². The quantitative estimate of drug-likeness (QED) is 0.721. The van der Waals surface area contributed by atoms with Gasteiger partial charge in [-0.15, -0.1) is 0 Å². The van der Waals surface area contributed by atoms with Crippen molar-refractivity contribution in [2.45, 2.75) is 70.8 Å². The van der Waals surface area contributed by atoms with Crippen LogP contribution in [0.15, 0.2) is 11.6 Å². The highest BCUT2D eigenvalue weighted by Gasteiger charge is 2.66. The smallest absolute Gasteiger partial charge is 0.155 e. The maximum atomic E-state index is 15.2. The fourth-order valence-electron chi connectivity index (χ4n) is 6.59. The van der Waals surface area contributed by atoms with Crippen molar-refractivity contribution in [2.24, 2.45) is 28.6 Å². The molecule has 0 amide bonds. The molecule has 0 aromatic heterocycles. The van der Waals surface area contributed by atoms with Gasteiger partial charge in [0, 0.05) is 11.8 Å². The lowest BCUT2D eigenvalue weighted by molar-refractivity contribution is -0.187. The molecular weight excluding hydrogens is 295 g/mol. The van der Waals surface area contributed by atoms with Crippen LogP contribution in [0.2, 0.25) is 0 Å². The van der Waals surface area contributed by atoms with Gasteiger partial charge in [0.1, 0.15) is 6.17 Å². The van der Waals surface area contributed by atoms with E-state index in [4.69, 9.17) is 0 Å². The van der Waals surface area contributed by atoms with E-state index in [1.54, 1.807) is 6.08 Å². The summed E-state index contributed by atoms with van der Waals surface area (Å²) < 4.78 is 15.2. The molecule has 0 bridgehead atoms. The average molecular weight is 322 g/mol. The van der Waals surface area contributed by atoms with Crippen molar-refractivity contribution >= 4 is 5.78 Å². The maximum absolute atomic E-state index is 15.2. The van der Waals surface area contributed by atoms with E-state index in [1.807, 2.05) is 6.92 Å². The van der Waals surface area contributed by atoms with Crippen LogP contribution in [0.4, 0.5) is 4.39 Å². The van der Waals surface area contributed by atoms with Crippen LogP contribution in [0.5, 0.6) is 0 Å². The lowest BCUT2D eigenvalue weighted by Gasteiger charge is -2.60. The van der Waals surface area contributed by atoms with Crippen molar-refractivity contribution in [1.29, 1.82) is 0 Å². The summed E-state index contributed by atoms with van der Waals surface area (Å²) in [6, 6.07) is 0. The molecule has 4 heteroatoms. The number of allylic oxidation sites excluding steroid dienone is 1. The number of fused-ring (bicyclic) bond motifs is 5. The van der Waals surface area contributed by atoms with Crippen molar-refractivity contribution in [3.8, 4) is 0 Å². The second kappa shape index (κ2) is 4.89. The van der Waals surface area contributed by atoms with E-state index < -0.39 is 23.8 Å². The lowest BCUT2D eigenvalue weighted by atomic mass is 9.46. The first kappa shape index (κ1) is 15.8. The second-order valence-electron chi connectivity index (χ2n) is 8.74. The minimum atomic E-state index is -1.39. The Bertz CT molecular complexity index is 573. The number of hydrogen-bond donors (Lipinski definition) is 2. The Kier molecular flexibility index (Phi) is 3.35. The third-order valence-electron chi connectivity index (χ3n) is 7.95. The number of hydrogen-bond acceptors (Lipinski definition) is 3. The van der Waals surface area contributed by atoms with E-state index in [9.17, 15) is 15.0 Å². The molecule has 8 atom stereocenters. The van der Waals surface area contributed by atoms with Crippen LogP contribution >= 0.6 is 0 Å². The Hall–Kier alpha value is -0.740. The monoisotopic (exact) mass is 322 g/mol. The molecule has 3 saturated carbocycles. The predicted octanol–water partition coefficient (Wildman–Crippen LogP) is 2.80. The van der Waals surface area contributed by atoms with Crippen LogP contribution in [-0.2, 0) is 4.79 Å². The van der Waals surface area contributed by atoms with Gasteiger partial charge in [-0.2, -0.15) is 0 Å². The lowest BCUT2D eigenvalue weighted by Crippen LogP contribution is -2.63. The van der Waals surface area contributed by atoms with Crippen molar-refractivity contribution in [3.63, 3.8) is 0 Å². The van der Waals surface area contributed by atoms with Gasteiger partial charge < -0.3 is 10.2 Å². The normalized spacial score (nSPS) is 55.7. The molecule has 0 aliphatic heterocycles. The second-order valence-corrected chi connectivity index (χ2v) is 8.74. The van der Waals surface area contributed by atoms with Crippen LogP contribution in [0, 0.1) is 28.6 Å². The highest BCUT2D eigenvalue weighted by atomic mass is 19.1. The minimum absolute atomic E-state index is 0.131. The first-order chi connectivity index (χ1) is 10.8. The van der Waals surface area contributed by atoms with Crippen molar-refractivity contribution < 1.29 is 19.4 Å². The highest BCUT2D eigenvalue weighted by Crippen LogP contribution is 2.65. The van der Waals surface area contributed by atoms with Crippen LogP contribution in [0.3, 0.4) is 0 Å². The largest absolute Gasteiger partial charge is 0.392 e. The van der Waals surface area contributed by atoms with E-state index in [2.05, 4.69) is 6.92 Å². The standard InChI is InChI=1S/C19H27FO3/c1-18-8-7-11(21)9-10(18)3-4-12-13-5-6-14(22)19(13,2)17(20)16(23)15(12)18/h9,12-17,22-23H,3-8H2,1-2H3/t12-,13-,14-,15+,16+,17-,18-,19-/m0/s1. The third kappa shape index (κ3) is 1.85. The summed E-state index contributed by atoms with van der Waals surface area (Å²) in [6.07, 6.45) is 3.14. The topological polar surface area (TPSA) is 57.5 Å². The summed E-state index contributed by atoms with van der Waals surface area (Å²) in [7, 11) is 0. The molecule has 23 heavy (non-hydrogen) atoms. The zero-order valence-electron chi connectivity index (χ0n) is 14.0. The van der Waals surface area contributed by atoms with Crippen LogP contribution in [0.25, 0.3) is 0 Å². The molecule has 0 aromatic rings. The maximum Gasteiger partial charge on any atom is 0.155 e. The first-order valence-corrected chi connectivity index (χ1v) is 9.04. The Morgan fingerprint density at radius 3 is 2.65 bits per heavy atom. The van der Waals surface area contributed by atoms with Gasteiger partial charge in [0.05, 0.1) is 12.2 Å². The van der Waals surface area contributed by atoms with E-state index in [0.29, 0.717) is 19.3 Å². The van der Waals surface area contributed by atoms with Gasteiger partial charge >= 0.3 is 0 Å². The number of aliphatic hydroxyl groups excluding tert-OH is 2. The van der Waals surface area contributed by atoms with Crippen LogP contribution in [0.1, 0.15) is 52.4 Å². The molecule has 0 heterocycles. The molecule has 0 unspecified atom stereocenters. The molecule has 0 spiro atoms. The molecule has 0 saturated heterocycles. The molecule has 4 rings (SSSR count). The summed E-state index contributed by atoms with van der Waals surface area (Å²) in [5.41, 5.74) is 0.0290. The molecule has 4 aliphatic rings. The van der Waals surface area contributed by atoms with Gasteiger partial charge in [-0.1, -0.05) is 19.4 Å². The predicted molar refractivity (Wildman–Crippen MR) is 84.4 cm³/mol. The third-order valence-corrected chi connectivity index (χ3v) is 7.95. The fourth-order valence-corrected chi connectivity index (χ4v) is 6.59. The van der Waals surface area contributed by atoms with Gasteiger partial charge in [0.15, 0.2) is 5.78 Å². The summed E-state index contributed by atoms with van der Waals surface area (Å²) in [5.74, 6) is 0.416. The molecular formula is C19H27FO3. The van der Waals surface area contributed by atoms with E-state index >= 15 is 4.39 Å². The van der Waals surface area contributed by atoms with Crippen molar-refractivity contribution in [3.05, 3.63) is 11.6 Å². The molecule has 4 aliphatic carbocycles. The van der Waals surface area contributed by atoms with Gasteiger partial charge in [0.2, 0.25) is 0 Å². The van der Waals surface area contributed by atoms with Gasteiger partial charge in [-0.3, -0.25) is 4.79 Å². The number of carbonyl (C=O) groups is 1. The van der Waals surface area contributed by atoms with E-state index in [1.165, 1.54) is 0 Å². The summed E-state index contributed by atoms with van der Waals surface area (Å²) >= 11 is 0. The van der Waals surface area contributed by atoms with Crippen molar-refractivity contribution in [2.75, 3.05) is 0 Å². The highest BCUT2D eigenvalue weighted by molar-refractivity contribution is 5.91. The van der Waals surface area contributed by atoms with Crippen LogP contribution in [-0.4, -0.2) is 34.4 Å². The Balaban J connectivity index is 1.78. The Morgan fingerprint density at radius 2 is 1.91 bits per heavy atom.